The maximum Gasteiger partial charge on any atom is 0.306 e. The maximum absolute atomic E-state index is 11.5. The number of carboxylic acid groups (broad SMARTS) is 2. The third-order valence-corrected chi connectivity index (χ3v) is 9.66. The van der Waals surface area contributed by atoms with Crippen molar-refractivity contribution in [2.75, 3.05) is 0 Å². The Morgan fingerprint density at radius 2 is 0.565 bits per heavy atom. The smallest absolute Gasteiger partial charge is 0.306 e. The van der Waals surface area contributed by atoms with E-state index in [1.807, 2.05) is 0 Å². The summed E-state index contributed by atoms with van der Waals surface area (Å²) < 4.78 is 0. The minimum absolute atomic E-state index is 0.0952. The van der Waals surface area contributed by atoms with Gasteiger partial charge in [-0.05, 0) is 19.3 Å². The Bertz CT molecular complexity index is 590. The van der Waals surface area contributed by atoms with E-state index in [-0.39, 0.29) is 5.92 Å². The van der Waals surface area contributed by atoms with Crippen LogP contribution in [0.25, 0.3) is 0 Å². The van der Waals surface area contributed by atoms with Crippen molar-refractivity contribution in [2.45, 2.75) is 252 Å². The maximum atomic E-state index is 11.5. The third kappa shape index (κ3) is 42.9. The molecule has 0 bridgehead atoms. The van der Waals surface area contributed by atoms with Gasteiger partial charge in [0.25, 0.3) is 0 Å². The van der Waals surface area contributed by atoms with E-state index in [0.717, 1.165) is 38.5 Å². The molecular formula is C42H84O4. The SMILES string of the molecule is CCCCCCCCCCCCCC(=O)O.CCCCCCCCCCCCCCC(CCCCCCCCCCCC)C(=O)O. The quantitative estimate of drug-likeness (QED) is 0.0655. The molecule has 0 aromatic carbocycles. The average molecular weight is 653 g/mol. The summed E-state index contributed by atoms with van der Waals surface area (Å²) in [6.07, 6.45) is 45.5. The van der Waals surface area contributed by atoms with Crippen molar-refractivity contribution in [3.05, 3.63) is 0 Å². The fourth-order valence-electron chi connectivity index (χ4n) is 6.44. The number of hydrogen-bond acceptors (Lipinski definition) is 2. The van der Waals surface area contributed by atoms with Crippen LogP contribution in [0.15, 0.2) is 0 Å². The summed E-state index contributed by atoms with van der Waals surface area (Å²) in [5.41, 5.74) is 0. The van der Waals surface area contributed by atoms with Crippen LogP contribution in [0.1, 0.15) is 252 Å². The van der Waals surface area contributed by atoms with E-state index in [4.69, 9.17) is 5.11 Å². The van der Waals surface area contributed by atoms with Crippen molar-refractivity contribution in [1.29, 1.82) is 0 Å². The average Bonchev–Trinajstić information content (AvgIpc) is 3.04. The van der Waals surface area contributed by atoms with E-state index in [1.165, 1.54) is 186 Å². The Morgan fingerprint density at radius 3 is 0.783 bits per heavy atom. The molecule has 0 saturated carbocycles. The molecule has 0 rings (SSSR count). The van der Waals surface area contributed by atoms with Crippen LogP contribution < -0.4 is 0 Å². The van der Waals surface area contributed by atoms with Crippen LogP contribution in [-0.2, 0) is 9.59 Å². The zero-order valence-corrected chi connectivity index (χ0v) is 31.7. The Morgan fingerprint density at radius 1 is 0.348 bits per heavy atom. The predicted molar refractivity (Wildman–Crippen MR) is 202 cm³/mol. The van der Waals surface area contributed by atoms with E-state index in [0.29, 0.717) is 6.42 Å². The van der Waals surface area contributed by atoms with Crippen molar-refractivity contribution < 1.29 is 19.8 Å². The van der Waals surface area contributed by atoms with Gasteiger partial charge in [0, 0.05) is 6.42 Å². The standard InChI is InChI=1S/C28H56O2.C14H28O2/c1-3-5-7-9-11-13-15-16-18-20-22-24-26-27(28(29)30)25-23-21-19-17-14-12-10-8-6-4-2;1-2-3-4-5-6-7-8-9-10-11-12-13-14(15)16/h27H,3-26H2,1-2H3,(H,29,30);2-13H2,1H3,(H,15,16). The Hall–Kier alpha value is -1.06. The number of carboxylic acids is 2. The summed E-state index contributed by atoms with van der Waals surface area (Å²) >= 11 is 0. The van der Waals surface area contributed by atoms with Crippen molar-refractivity contribution in [2.24, 2.45) is 5.92 Å². The molecule has 46 heavy (non-hydrogen) atoms. The minimum atomic E-state index is -0.657. The highest BCUT2D eigenvalue weighted by Crippen LogP contribution is 2.20. The minimum Gasteiger partial charge on any atom is -0.481 e. The lowest BCUT2D eigenvalue weighted by Crippen LogP contribution is -2.13. The molecule has 4 heteroatoms. The van der Waals surface area contributed by atoms with Crippen molar-refractivity contribution in [1.82, 2.24) is 0 Å². The fourth-order valence-corrected chi connectivity index (χ4v) is 6.44. The number of unbranched alkanes of at least 4 members (excludes halogenated alkanes) is 30. The van der Waals surface area contributed by atoms with E-state index in [1.54, 1.807) is 0 Å². The van der Waals surface area contributed by atoms with E-state index in [9.17, 15) is 14.7 Å². The molecule has 0 spiro atoms. The molecule has 0 saturated heterocycles. The van der Waals surface area contributed by atoms with E-state index >= 15 is 0 Å². The molecule has 0 aliphatic rings. The molecular weight excluding hydrogens is 568 g/mol. The molecule has 0 aromatic heterocycles. The van der Waals surface area contributed by atoms with Crippen molar-refractivity contribution in [3.63, 3.8) is 0 Å². The van der Waals surface area contributed by atoms with Crippen LogP contribution in [0.4, 0.5) is 0 Å². The second kappa shape index (κ2) is 42.0. The molecule has 276 valence electrons. The lowest BCUT2D eigenvalue weighted by atomic mass is 9.94. The zero-order valence-electron chi connectivity index (χ0n) is 31.7. The molecule has 0 amide bonds. The summed E-state index contributed by atoms with van der Waals surface area (Å²) in [6.45, 7) is 6.79. The monoisotopic (exact) mass is 653 g/mol. The zero-order chi connectivity index (χ0) is 34.2. The van der Waals surface area contributed by atoms with Crippen LogP contribution >= 0.6 is 0 Å². The fraction of sp³-hybridized carbons (Fsp3) is 0.952. The number of hydrogen-bond donors (Lipinski definition) is 2. The van der Waals surface area contributed by atoms with Gasteiger partial charge in [0.15, 0.2) is 0 Å². The van der Waals surface area contributed by atoms with Gasteiger partial charge in [-0.2, -0.15) is 0 Å². The highest BCUT2D eigenvalue weighted by atomic mass is 16.4. The Labute approximate surface area is 289 Å². The first-order valence-corrected chi connectivity index (χ1v) is 20.9. The van der Waals surface area contributed by atoms with Crippen molar-refractivity contribution in [3.8, 4) is 0 Å². The number of carbonyl (C=O) groups is 2. The summed E-state index contributed by atoms with van der Waals surface area (Å²) in [5.74, 6) is -1.31. The lowest BCUT2D eigenvalue weighted by Gasteiger charge is -2.12. The Balaban J connectivity index is 0. The summed E-state index contributed by atoms with van der Waals surface area (Å²) in [5, 5.41) is 18.0. The van der Waals surface area contributed by atoms with Gasteiger partial charge < -0.3 is 10.2 Å². The highest BCUT2D eigenvalue weighted by Gasteiger charge is 2.16. The van der Waals surface area contributed by atoms with Gasteiger partial charge in [-0.15, -0.1) is 0 Å². The van der Waals surface area contributed by atoms with Gasteiger partial charge in [-0.1, -0.05) is 226 Å². The van der Waals surface area contributed by atoms with Gasteiger partial charge in [-0.25, -0.2) is 0 Å². The van der Waals surface area contributed by atoms with Crippen LogP contribution in [0, 0.1) is 5.92 Å². The topological polar surface area (TPSA) is 74.6 Å². The Kier molecular flexibility index (Phi) is 42.9. The highest BCUT2D eigenvalue weighted by molar-refractivity contribution is 5.69. The summed E-state index contributed by atoms with van der Waals surface area (Å²) in [7, 11) is 0. The van der Waals surface area contributed by atoms with Gasteiger partial charge in [0.05, 0.1) is 5.92 Å². The molecule has 0 aliphatic carbocycles. The van der Waals surface area contributed by atoms with E-state index in [2.05, 4.69) is 20.8 Å². The van der Waals surface area contributed by atoms with Crippen molar-refractivity contribution >= 4 is 11.9 Å². The van der Waals surface area contributed by atoms with Gasteiger partial charge >= 0.3 is 11.9 Å². The molecule has 0 aliphatic heterocycles. The third-order valence-electron chi connectivity index (χ3n) is 9.66. The molecule has 0 fully saturated rings. The van der Waals surface area contributed by atoms with Crippen LogP contribution in [0.5, 0.6) is 0 Å². The van der Waals surface area contributed by atoms with Gasteiger partial charge in [-0.3, -0.25) is 9.59 Å². The summed E-state index contributed by atoms with van der Waals surface area (Å²) in [6, 6.07) is 0. The second-order valence-corrected chi connectivity index (χ2v) is 14.4. The first kappa shape index (κ1) is 47.1. The lowest BCUT2D eigenvalue weighted by molar-refractivity contribution is -0.142. The normalized spacial score (nSPS) is 11.7. The molecule has 1 unspecified atom stereocenters. The summed E-state index contributed by atoms with van der Waals surface area (Å²) in [4.78, 5) is 21.8. The van der Waals surface area contributed by atoms with Gasteiger partial charge in [0.1, 0.15) is 0 Å². The molecule has 0 heterocycles. The van der Waals surface area contributed by atoms with Gasteiger partial charge in [0.2, 0.25) is 0 Å². The first-order chi connectivity index (χ1) is 22.5. The molecule has 0 aromatic rings. The van der Waals surface area contributed by atoms with Crippen LogP contribution in [0.2, 0.25) is 0 Å². The van der Waals surface area contributed by atoms with Crippen LogP contribution in [-0.4, -0.2) is 22.2 Å². The first-order valence-electron chi connectivity index (χ1n) is 20.9. The second-order valence-electron chi connectivity index (χ2n) is 14.4. The molecule has 1 atom stereocenters. The predicted octanol–water partition coefficient (Wildman–Crippen LogP) is 14.9. The largest absolute Gasteiger partial charge is 0.481 e. The molecule has 0 radical (unpaired) electrons. The number of aliphatic carboxylic acids is 2. The van der Waals surface area contributed by atoms with E-state index < -0.39 is 11.9 Å². The number of rotatable bonds is 37. The van der Waals surface area contributed by atoms with Crippen LogP contribution in [0.3, 0.4) is 0 Å². The molecule has 2 N–H and O–H groups in total. The molecule has 4 nitrogen and oxygen atoms in total.